The number of nitrogens with one attached hydrogen (secondary N) is 1. The van der Waals surface area contributed by atoms with Gasteiger partial charge in [-0.15, -0.1) is 11.3 Å². The Hall–Kier alpha value is -3.12. The summed E-state index contributed by atoms with van der Waals surface area (Å²) in [4.78, 5) is 20.6. The molecule has 4 rings (SSSR count). The van der Waals surface area contributed by atoms with Crippen LogP contribution in [0, 0.1) is 12.9 Å². The Labute approximate surface area is 153 Å². The van der Waals surface area contributed by atoms with E-state index in [9.17, 15) is 9.18 Å². The molecule has 2 aromatic heterocycles. The van der Waals surface area contributed by atoms with Crippen molar-refractivity contribution in [2.45, 2.75) is 6.92 Å². The van der Waals surface area contributed by atoms with Gasteiger partial charge in [-0.3, -0.25) is 4.79 Å². The molecule has 2 heterocycles. The summed E-state index contributed by atoms with van der Waals surface area (Å²) in [6, 6.07) is 16.4. The lowest BCUT2D eigenvalue weighted by Crippen LogP contribution is -2.13. The molecule has 6 heteroatoms. The predicted molar refractivity (Wildman–Crippen MR) is 102 cm³/mol. The van der Waals surface area contributed by atoms with Crippen LogP contribution in [0.4, 0.5) is 10.1 Å². The summed E-state index contributed by atoms with van der Waals surface area (Å²) < 4.78 is 14.0. The average molecular weight is 363 g/mol. The first kappa shape index (κ1) is 16.4. The third kappa shape index (κ3) is 3.19. The highest BCUT2D eigenvalue weighted by atomic mass is 32.1. The van der Waals surface area contributed by atoms with E-state index in [1.165, 1.54) is 18.3 Å². The standard InChI is InChI=1S/C20H14FN3OS/c1-12-6-7-13(20-24-15-4-2-3-5-17(15)26-20)10-16(12)23-19(25)14-8-9-18(21)22-11-14/h2-11H,1H3,(H,23,25). The second kappa shape index (κ2) is 6.65. The maximum absolute atomic E-state index is 12.9. The van der Waals surface area contributed by atoms with Gasteiger partial charge < -0.3 is 5.32 Å². The summed E-state index contributed by atoms with van der Waals surface area (Å²) >= 11 is 1.61. The molecule has 1 N–H and O–H groups in total. The van der Waals surface area contributed by atoms with Crippen LogP contribution in [0.3, 0.4) is 0 Å². The first-order valence-electron chi connectivity index (χ1n) is 8.00. The van der Waals surface area contributed by atoms with Crippen molar-refractivity contribution in [1.82, 2.24) is 9.97 Å². The normalized spacial score (nSPS) is 10.8. The van der Waals surface area contributed by atoms with E-state index in [1.807, 2.05) is 49.4 Å². The number of carbonyl (C=O) groups excluding carboxylic acids is 1. The topological polar surface area (TPSA) is 54.9 Å². The Bertz CT molecular complexity index is 1070. The first-order chi connectivity index (χ1) is 12.6. The number of nitrogens with zero attached hydrogens (tertiary/aromatic N) is 2. The van der Waals surface area contributed by atoms with E-state index in [0.717, 1.165) is 26.4 Å². The van der Waals surface area contributed by atoms with Gasteiger partial charge in [0.15, 0.2) is 0 Å². The molecule has 0 bridgehead atoms. The zero-order valence-electron chi connectivity index (χ0n) is 13.9. The number of aromatic nitrogens is 2. The van der Waals surface area contributed by atoms with Crippen molar-refractivity contribution in [2.75, 3.05) is 5.32 Å². The summed E-state index contributed by atoms with van der Waals surface area (Å²) in [7, 11) is 0. The number of aryl methyl sites for hydroxylation is 1. The van der Waals surface area contributed by atoms with Crippen molar-refractivity contribution in [2.24, 2.45) is 0 Å². The van der Waals surface area contributed by atoms with E-state index < -0.39 is 5.95 Å². The SMILES string of the molecule is Cc1ccc(-c2nc3ccccc3s2)cc1NC(=O)c1ccc(F)nc1. The minimum Gasteiger partial charge on any atom is -0.322 e. The van der Waals surface area contributed by atoms with Crippen molar-refractivity contribution in [3.05, 3.63) is 77.9 Å². The number of anilines is 1. The molecular formula is C20H14FN3OS. The molecular weight excluding hydrogens is 349 g/mol. The Morgan fingerprint density at radius 1 is 1.12 bits per heavy atom. The second-order valence-electron chi connectivity index (χ2n) is 5.84. The van der Waals surface area contributed by atoms with Gasteiger partial charge in [0.25, 0.3) is 5.91 Å². The third-order valence-corrected chi connectivity index (χ3v) is 5.10. The van der Waals surface area contributed by atoms with Crippen molar-refractivity contribution in [1.29, 1.82) is 0 Å². The van der Waals surface area contributed by atoms with Crippen molar-refractivity contribution >= 4 is 33.1 Å². The van der Waals surface area contributed by atoms with Crippen LogP contribution in [0.1, 0.15) is 15.9 Å². The molecule has 0 saturated carbocycles. The van der Waals surface area contributed by atoms with Gasteiger partial charge in [0.2, 0.25) is 5.95 Å². The molecule has 128 valence electrons. The van der Waals surface area contributed by atoms with Gasteiger partial charge in [0, 0.05) is 17.4 Å². The molecule has 1 amide bonds. The number of amides is 1. The van der Waals surface area contributed by atoms with E-state index in [0.29, 0.717) is 11.3 Å². The van der Waals surface area contributed by atoms with Crippen LogP contribution in [-0.2, 0) is 0 Å². The Balaban J connectivity index is 1.65. The summed E-state index contributed by atoms with van der Waals surface area (Å²) in [6.07, 6.45) is 1.22. The number of para-hydroxylation sites is 1. The van der Waals surface area contributed by atoms with Crippen LogP contribution in [0.25, 0.3) is 20.8 Å². The first-order valence-corrected chi connectivity index (χ1v) is 8.81. The number of halogens is 1. The zero-order chi connectivity index (χ0) is 18.1. The largest absolute Gasteiger partial charge is 0.322 e. The van der Waals surface area contributed by atoms with Crippen LogP contribution in [0.15, 0.2) is 60.8 Å². The van der Waals surface area contributed by atoms with E-state index >= 15 is 0 Å². The fourth-order valence-electron chi connectivity index (χ4n) is 2.59. The maximum Gasteiger partial charge on any atom is 0.257 e. The van der Waals surface area contributed by atoms with Gasteiger partial charge >= 0.3 is 0 Å². The number of carbonyl (C=O) groups is 1. The molecule has 0 spiro atoms. The van der Waals surface area contributed by atoms with Gasteiger partial charge in [-0.1, -0.05) is 24.3 Å². The van der Waals surface area contributed by atoms with E-state index in [1.54, 1.807) is 11.3 Å². The second-order valence-corrected chi connectivity index (χ2v) is 6.87. The van der Waals surface area contributed by atoms with Gasteiger partial charge in [-0.05, 0) is 42.8 Å². The third-order valence-electron chi connectivity index (χ3n) is 4.02. The summed E-state index contributed by atoms with van der Waals surface area (Å²) in [5.41, 5.74) is 3.81. The minimum atomic E-state index is -0.615. The smallest absolute Gasteiger partial charge is 0.257 e. The van der Waals surface area contributed by atoms with Crippen LogP contribution in [0.2, 0.25) is 0 Å². The molecule has 0 atom stereocenters. The molecule has 0 unspecified atom stereocenters. The van der Waals surface area contributed by atoms with E-state index in [2.05, 4.69) is 15.3 Å². The highest BCUT2D eigenvalue weighted by Gasteiger charge is 2.11. The van der Waals surface area contributed by atoms with Crippen molar-refractivity contribution < 1.29 is 9.18 Å². The Kier molecular flexibility index (Phi) is 4.18. The van der Waals surface area contributed by atoms with Gasteiger partial charge in [-0.2, -0.15) is 4.39 Å². The highest BCUT2D eigenvalue weighted by Crippen LogP contribution is 2.32. The quantitative estimate of drug-likeness (QED) is 0.518. The molecule has 0 aliphatic rings. The average Bonchev–Trinajstić information content (AvgIpc) is 3.08. The molecule has 0 aliphatic carbocycles. The van der Waals surface area contributed by atoms with E-state index in [4.69, 9.17) is 0 Å². The van der Waals surface area contributed by atoms with Crippen molar-refractivity contribution in [3.63, 3.8) is 0 Å². The van der Waals surface area contributed by atoms with Crippen LogP contribution in [0.5, 0.6) is 0 Å². The number of fused-ring (bicyclic) bond motifs is 1. The summed E-state index contributed by atoms with van der Waals surface area (Å²) in [5, 5.41) is 3.76. The lowest BCUT2D eigenvalue weighted by molar-refractivity contribution is 0.102. The van der Waals surface area contributed by atoms with Crippen LogP contribution >= 0.6 is 11.3 Å². The van der Waals surface area contributed by atoms with Crippen LogP contribution in [-0.4, -0.2) is 15.9 Å². The number of hydrogen-bond acceptors (Lipinski definition) is 4. The summed E-state index contributed by atoms with van der Waals surface area (Å²) in [6.45, 7) is 1.92. The highest BCUT2D eigenvalue weighted by molar-refractivity contribution is 7.21. The Morgan fingerprint density at radius 2 is 1.96 bits per heavy atom. The van der Waals surface area contributed by atoms with Gasteiger partial charge in [-0.25, -0.2) is 9.97 Å². The number of thiazole rings is 1. The summed E-state index contributed by atoms with van der Waals surface area (Å²) in [5.74, 6) is -0.947. The molecule has 26 heavy (non-hydrogen) atoms. The Morgan fingerprint density at radius 3 is 2.73 bits per heavy atom. The molecule has 0 fully saturated rings. The number of pyridine rings is 1. The lowest BCUT2D eigenvalue weighted by atomic mass is 10.1. The fourth-order valence-corrected chi connectivity index (χ4v) is 3.55. The molecule has 2 aromatic carbocycles. The van der Waals surface area contributed by atoms with Gasteiger partial charge in [0.1, 0.15) is 5.01 Å². The van der Waals surface area contributed by atoms with E-state index in [-0.39, 0.29) is 5.91 Å². The zero-order valence-corrected chi connectivity index (χ0v) is 14.7. The van der Waals surface area contributed by atoms with Crippen molar-refractivity contribution in [3.8, 4) is 10.6 Å². The molecule has 4 nitrogen and oxygen atoms in total. The molecule has 4 aromatic rings. The number of hydrogen-bond donors (Lipinski definition) is 1. The fraction of sp³-hybridized carbons (Fsp3) is 0.0500. The van der Waals surface area contributed by atoms with Crippen LogP contribution < -0.4 is 5.32 Å². The number of benzene rings is 2. The molecule has 0 aliphatic heterocycles. The lowest BCUT2D eigenvalue weighted by Gasteiger charge is -2.10. The minimum absolute atomic E-state index is 0.302. The number of rotatable bonds is 3. The molecule has 0 saturated heterocycles. The molecule has 0 radical (unpaired) electrons. The monoisotopic (exact) mass is 363 g/mol. The van der Waals surface area contributed by atoms with Gasteiger partial charge in [0.05, 0.1) is 15.8 Å². The maximum atomic E-state index is 12.9. The predicted octanol–water partition coefficient (Wildman–Crippen LogP) is 5.06.